The number of furan rings is 1. The smallest absolute Gasteiger partial charge is 0.289 e. The predicted octanol–water partition coefficient (Wildman–Crippen LogP) is 0.900. The third-order valence-electron chi connectivity index (χ3n) is 4.25. The van der Waals surface area contributed by atoms with Crippen LogP contribution in [0.3, 0.4) is 0 Å². The Labute approximate surface area is 170 Å². The molecule has 0 atom stereocenters. The Hall–Kier alpha value is -1.78. The van der Waals surface area contributed by atoms with Crippen molar-refractivity contribution < 1.29 is 14.0 Å². The first kappa shape index (κ1) is 20.5. The van der Waals surface area contributed by atoms with Crippen LogP contribution in [0.4, 0.5) is 0 Å². The Morgan fingerprint density at radius 3 is 2.50 bits per heavy atom. The summed E-state index contributed by atoms with van der Waals surface area (Å²) in [7, 11) is 0. The second kappa shape index (κ2) is 9.79. The van der Waals surface area contributed by atoms with Crippen molar-refractivity contribution >= 4 is 41.8 Å². The Bertz CT molecular complexity index is 622. The highest BCUT2D eigenvalue weighted by Crippen LogP contribution is 2.18. The average Bonchev–Trinajstić information content (AvgIpc) is 3.26. The van der Waals surface area contributed by atoms with E-state index >= 15 is 0 Å². The van der Waals surface area contributed by atoms with Gasteiger partial charge in [-0.2, -0.15) is 0 Å². The van der Waals surface area contributed by atoms with E-state index in [2.05, 4.69) is 20.5 Å². The van der Waals surface area contributed by atoms with E-state index in [1.165, 1.54) is 6.26 Å². The summed E-state index contributed by atoms with van der Waals surface area (Å²) in [6.07, 6.45) is 3.65. The van der Waals surface area contributed by atoms with Gasteiger partial charge >= 0.3 is 0 Å². The fraction of sp³-hybridized carbons (Fsp3) is 0.588. The molecule has 1 saturated carbocycles. The van der Waals surface area contributed by atoms with Crippen LogP contribution in [0.5, 0.6) is 0 Å². The van der Waals surface area contributed by atoms with Gasteiger partial charge in [-0.3, -0.25) is 9.59 Å². The third-order valence-corrected chi connectivity index (χ3v) is 4.25. The Morgan fingerprint density at radius 2 is 1.92 bits per heavy atom. The van der Waals surface area contributed by atoms with Gasteiger partial charge in [0.25, 0.3) is 5.91 Å². The molecule has 8 nitrogen and oxygen atoms in total. The molecule has 9 heteroatoms. The van der Waals surface area contributed by atoms with Gasteiger partial charge in [-0.25, -0.2) is 4.99 Å². The van der Waals surface area contributed by atoms with Crippen molar-refractivity contribution in [3.8, 4) is 0 Å². The summed E-state index contributed by atoms with van der Waals surface area (Å²) < 4.78 is 5.18. The lowest BCUT2D eigenvalue weighted by Crippen LogP contribution is -2.54. The number of guanidine groups is 1. The maximum atomic E-state index is 12.3. The Kier molecular flexibility index (Phi) is 7.73. The summed E-state index contributed by atoms with van der Waals surface area (Å²) in [5.41, 5.74) is 0. The van der Waals surface area contributed by atoms with E-state index in [0.29, 0.717) is 38.0 Å². The van der Waals surface area contributed by atoms with Crippen LogP contribution in [0.1, 0.15) is 30.3 Å². The van der Waals surface area contributed by atoms with Crippen molar-refractivity contribution in [3.05, 3.63) is 24.2 Å². The number of halogens is 1. The minimum absolute atomic E-state index is 0. The van der Waals surface area contributed by atoms with E-state index in [-0.39, 0.29) is 42.3 Å². The molecule has 0 aromatic carbocycles. The molecule has 0 spiro atoms. The fourth-order valence-electron chi connectivity index (χ4n) is 2.75. The molecular formula is C17H26IN5O3. The lowest BCUT2D eigenvalue weighted by molar-refractivity contribution is -0.119. The van der Waals surface area contributed by atoms with Crippen LogP contribution >= 0.6 is 24.0 Å². The summed E-state index contributed by atoms with van der Waals surface area (Å²) >= 11 is 0. The summed E-state index contributed by atoms with van der Waals surface area (Å²) in [4.78, 5) is 32.4. The van der Waals surface area contributed by atoms with Gasteiger partial charge in [-0.1, -0.05) is 0 Å². The van der Waals surface area contributed by atoms with Crippen molar-refractivity contribution in [1.29, 1.82) is 0 Å². The molecule has 1 aromatic heterocycles. The van der Waals surface area contributed by atoms with Crippen LogP contribution < -0.4 is 10.6 Å². The number of amides is 2. The molecule has 0 unspecified atom stereocenters. The lowest BCUT2D eigenvalue weighted by Gasteiger charge is -2.36. The molecule has 2 aliphatic rings. The van der Waals surface area contributed by atoms with Crippen LogP contribution in [0, 0.1) is 0 Å². The molecule has 144 valence electrons. The first-order valence-corrected chi connectivity index (χ1v) is 8.82. The molecule has 2 amide bonds. The highest BCUT2D eigenvalue weighted by atomic mass is 127. The number of hydrogen-bond donors (Lipinski definition) is 2. The molecule has 2 fully saturated rings. The number of piperazine rings is 1. The zero-order chi connectivity index (χ0) is 17.6. The van der Waals surface area contributed by atoms with Crippen molar-refractivity contribution in [2.24, 2.45) is 4.99 Å². The van der Waals surface area contributed by atoms with E-state index in [9.17, 15) is 9.59 Å². The van der Waals surface area contributed by atoms with E-state index in [1.807, 2.05) is 6.92 Å². The first-order valence-electron chi connectivity index (χ1n) is 8.82. The Balaban J connectivity index is 0.00000243. The summed E-state index contributed by atoms with van der Waals surface area (Å²) in [6.45, 7) is 5.39. The van der Waals surface area contributed by atoms with Crippen molar-refractivity contribution in [2.75, 3.05) is 39.3 Å². The van der Waals surface area contributed by atoms with Crippen LogP contribution in [-0.2, 0) is 4.79 Å². The minimum atomic E-state index is -0.0876. The average molecular weight is 475 g/mol. The summed E-state index contributed by atoms with van der Waals surface area (Å²) in [6, 6.07) is 3.74. The molecule has 2 N–H and O–H groups in total. The molecule has 1 aliphatic carbocycles. The topological polar surface area (TPSA) is 90.2 Å². The largest absolute Gasteiger partial charge is 0.459 e. The zero-order valence-corrected chi connectivity index (χ0v) is 17.3. The number of carbonyl (C=O) groups excluding carboxylic acids is 2. The van der Waals surface area contributed by atoms with E-state index in [1.54, 1.807) is 17.0 Å². The minimum Gasteiger partial charge on any atom is -0.459 e. The third kappa shape index (κ3) is 5.61. The molecule has 0 bridgehead atoms. The zero-order valence-electron chi connectivity index (χ0n) is 14.9. The lowest BCUT2D eigenvalue weighted by atomic mass is 10.3. The summed E-state index contributed by atoms with van der Waals surface area (Å²) in [5, 5.41) is 6.16. The molecule has 0 radical (unpaired) electrons. The number of rotatable bonds is 5. The van der Waals surface area contributed by atoms with Crippen molar-refractivity contribution in [3.63, 3.8) is 0 Å². The fourth-order valence-corrected chi connectivity index (χ4v) is 2.75. The van der Waals surface area contributed by atoms with Crippen LogP contribution in [-0.4, -0.2) is 72.9 Å². The second-order valence-electron chi connectivity index (χ2n) is 6.27. The molecule has 1 aliphatic heterocycles. The van der Waals surface area contributed by atoms with Gasteiger partial charge < -0.3 is 24.9 Å². The molecule has 2 heterocycles. The molecule has 26 heavy (non-hydrogen) atoms. The predicted molar refractivity (Wildman–Crippen MR) is 109 cm³/mol. The maximum Gasteiger partial charge on any atom is 0.289 e. The summed E-state index contributed by atoms with van der Waals surface area (Å²) in [5.74, 6) is 0.962. The van der Waals surface area contributed by atoms with Gasteiger partial charge in [0, 0.05) is 38.8 Å². The second-order valence-corrected chi connectivity index (χ2v) is 6.27. The molecule has 1 aromatic rings. The van der Waals surface area contributed by atoms with Gasteiger partial charge in [-0.15, -0.1) is 24.0 Å². The van der Waals surface area contributed by atoms with E-state index in [4.69, 9.17) is 4.42 Å². The number of carbonyl (C=O) groups is 2. The van der Waals surface area contributed by atoms with E-state index < -0.39 is 0 Å². The highest BCUT2D eigenvalue weighted by Gasteiger charge is 2.26. The SMILES string of the molecule is CCNC(=NCC(=O)NC1CC1)N1CCN(C(=O)c2ccco2)CC1.I. The van der Waals surface area contributed by atoms with Crippen LogP contribution in [0.25, 0.3) is 0 Å². The van der Waals surface area contributed by atoms with Crippen molar-refractivity contribution in [2.45, 2.75) is 25.8 Å². The number of nitrogens with one attached hydrogen (secondary N) is 2. The van der Waals surface area contributed by atoms with Crippen LogP contribution in [0.15, 0.2) is 27.8 Å². The van der Waals surface area contributed by atoms with Gasteiger partial charge in [0.1, 0.15) is 6.54 Å². The van der Waals surface area contributed by atoms with Gasteiger partial charge in [0.05, 0.1) is 6.26 Å². The standard InChI is InChI=1S/C17H25N5O3.HI/c1-2-18-17(19-12-15(23)20-13-5-6-13)22-9-7-21(8-10-22)16(24)14-4-3-11-25-14;/h3-4,11,13H,2,5-10,12H2,1H3,(H,18,19)(H,20,23);1H. The van der Waals surface area contributed by atoms with Gasteiger partial charge in [-0.05, 0) is 31.9 Å². The molecule has 3 rings (SSSR count). The maximum absolute atomic E-state index is 12.3. The number of nitrogens with zero attached hydrogens (tertiary/aromatic N) is 3. The quantitative estimate of drug-likeness (QED) is 0.376. The molecule has 1 saturated heterocycles. The normalized spacial score (nSPS) is 17.5. The Morgan fingerprint density at radius 1 is 1.23 bits per heavy atom. The van der Waals surface area contributed by atoms with Crippen molar-refractivity contribution in [1.82, 2.24) is 20.4 Å². The number of aliphatic imine (C=N–C) groups is 1. The molecular weight excluding hydrogens is 449 g/mol. The van der Waals surface area contributed by atoms with E-state index in [0.717, 1.165) is 25.3 Å². The monoisotopic (exact) mass is 475 g/mol. The van der Waals surface area contributed by atoms with Gasteiger partial charge in [0.2, 0.25) is 5.91 Å². The first-order chi connectivity index (χ1) is 12.2. The number of hydrogen-bond acceptors (Lipinski definition) is 4. The van der Waals surface area contributed by atoms with Crippen LogP contribution in [0.2, 0.25) is 0 Å². The van der Waals surface area contributed by atoms with Gasteiger partial charge in [0.15, 0.2) is 11.7 Å². The highest BCUT2D eigenvalue weighted by molar-refractivity contribution is 14.0.